The number of nitrogens with zero attached hydrogens (tertiary/aromatic N) is 6. The first-order valence-corrected chi connectivity index (χ1v) is 10.6. The fourth-order valence-corrected chi connectivity index (χ4v) is 3.14. The zero-order chi connectivity index (χ0) is 28.4. The number of nitrogens with one attached hydrogen (secondary N) is 1. The van der Waals surface area contributed by atoms with Gasteiger partial charge in [-0.15, -0.1) is 5.10 Å². The molecular formula is C21H18F5N7O5. The average Bonchev–Trinajstić information content (AvgIpc) is 3.19. The molecule has 0 saturated heterocycles. The third-order valence-electron chi connectivity index (χ3n) is 5.06. The molecule has 202 valence electrons. The molecule has 0 spiro atoms. The van der Waals surface area contributed by atoms with E-state index in [1.807, 2.05) is 5.32 Å². The quantitative estimate of drug-likeness (QED) is 0.406. The Morgan fingerprint density at radius 2 is 1.97 bits per heavy atom. The number of ether oxygens (including phenoxy) is 2. The van der Waals surface area contributed by atoms with Crippen LogP contribution in [0.3, 0.4) is 0 Å². The first kappa shape index (κ1) is 28.0. The van der Waals surface area contributed by atoms with Gasteiger partial charge in [-0.1, -0.05) is 0 Å². The molecule has 12 nitrogen and oxygen atoms in total. The van der Waals surface area contributed by atoms with E-state index in [0.717, 1.165) is 11.7 Å². The number of amides is 1. The maximum Gasteiger partial charge on any atom is 0.425 e. The first-order chi connectivity index (χ1) is 17.9. The summed E-state index contributed by atoms with van der Waals surface area (Å²) in [5.41, 5.74) is -3.24. The fourth-order valence-electron chi connectivity index (χ4n) is 3.14. The van der Waals surface area contributed by atoms with Crippen molar-refractivity contribution in [1.82, 2.24) is 24.3 Å². The Morgan fingerprint density at radius 1 is 1.29 bits per heavy atom. The largest absolute Gasteiger partial charge is 0.480 e. The molecule has 38 heavy (non-hydrogen) atoms. The maximum absolute atomic E-state index is 15.1. The minimum absolute atomic E-state index is 0.00743. The normalized spacial score (nSPS) is 12.1. The van der Waals surface area contributed by atoms with Crippen LogP contribution in [0, 0.1) is 23.0 Å². The number of aliphatic hydroxyl groups is 1. The van der Waals surface area contributed by atoms with Gasteiger partial charge in [-0.2, -0.15) is 28.1 Å². The number of alkyl halides is 3. The average molecular weight is 543 g/mol. The van der Waals surface area contributed by atoms with E-state index in [9.17, 15) is 37.5 Å². The first-order valence-electron chi connectivity index (χ1n) is 10.6. The molecule has 0 fully saturated rings. The van der Waals surface area contributed by atoms with E-state index >= 15 is 4.39 Å². The van der Waals surface area contributed by atoms with Crippen molar-refractivity contribution in [2.45, 2.75) is 39.3 Å². The van der Waals surface area contributed by atoms with Crippen molar-refractivity contribution in [2.24, 2.45) is 0 Å². The van der Waals surface area contributed by atoms with Crippen LogP contribution in [0.2, 0.25) is 0 Å². The van der Waals surface area contributed by atoms with Gasteiger partial charge in [-0.05, 0) is 19.9 Å². The number of methoxy groups -OCH3 is 1. The minimum Gasteiger partial charge on any atom is -0.480 e. The molecule has 3 rings (SSSR count). The number of nitriles is 1. The lowest BCUT2D eigenvalue weighted by Gasteiger charge is -2.19. The number of carbonyl (C=O) groups excluding carboxylic acids is 1. The second-order valence-corrected chi connectivity index (χ2v) is 7.39. The molecule has 17 heteroatoms. The summed E-state index contributed by atoms with van der Waals surface area (Å²) in [6.45, 7) is 1.38. The fraction of sp³-hybridized carbons (Fsp3) is 0.333. The topological polar surface area (TPSA) is 157 Å². The van der Waals surface area contributed by atoms with Gasteiger partial charge in [-0.25, -0.2) is 18.6 Å². The molecule has 0 aliphatic heterocycles. The van der Waals surface area contributed by atoms with Crippen LogP contribution in [0.25, 0.3) is 5.82 Å². The number of aliphatic hydroxyl groups excluding tert-OH is 1. The molecule has 3 aromatic heterocycles. The van der Waals surface area contributed by atoms with Crippen molar-refractivity contribution >= 4 is 11.6 Å². The summed E-state index contributed by atoms with van der Waals surface area (Å²) in [4.78, 5) is 32.7. The zero-order valence-corrected chi connectivity index (χ0v) is 19.8. The summed E-state index contributed by atoms with van der Waals surface area (Å²) in [6, 6.07) is 1.96. The van der Waals surface area contributed by atoms with Crippen LogP contribution >= 0.6 is 0 Å². The van der Waals surface area contributed by atoms with Gasteiger partial charge in [-0.3, -0.25) is 9.36 Å². The van der Waals surface area contributed by atoms with Crippen LogP contribution in [0.5, 0.6) is 11.8 Å². The zero-order valence-electron chi connectivity index (χ0n) is 19.8. The Kier molecular flexibility index (Phi) is 7.96. The Morgan fingerprint density at radius 3 is 2.50 bits per heavy atom. The molecule has 3 aromatic rings. The molecule has 0 saturated carbocycles. The highest BCUT2D eigenvalue weighted by Crippen LogP contribution is 2.30. The van der Waals surface area contributed by atoms with Crippen molar-refractivity contribution in [3.05, 3.63) is 51.3 Å². The molecule has 2 N–H and O–H groups in total. The van der Waals surface area contributed by atoms with Gasteiger partial charge >= 0.3 is 11.9 Å². The SMILES string of the molecule is CCn1c(CO)nn(-c2nc(OC(C)C(F)(F)F)c(C(=O)Nc3c(F)cnc(OC)c3C#N)cc2F)c1=O. The summed E-state index contributed by atoms with van der Waals surface area (Å²) in [6.07, 6.45) is -6.91. The summed E-state index contributed by atoms with van der Waals surface area (Å²) >= 11 is 0. The Balaban J connectivity index is 2.19. The molecular weight excluding hydrogens is 525 g/mol. The molecule has 1 amide bonds. The van der Waals surface area contributed by atoms with Gasteiger partial charge in [0.2, 0.25) is 11.8 Å². The highest BCUT2D eigenvalue weighted by atomic mass is 19.4. The predicted molar refractivity (Wildman–Crippen MR) is 117 cm³/mol. The van der Waals surface area contributed by atoms with E-state index in [1.165, 1.54) is 6.92 Å². The number of pyridine rings is 2. The maximum atomic E-state index is 15.1. The number of hydrogen-bond donors (Lipinski definition) is 2. The lowest BCUT2D eigenvalue weighted by molar-refractivity contribution is -0.190. The number of rotatable bonds is 8. The van der Waals surface area contributed by atoms with Gasteiger partial charge in [0.15, 0.2) is 29.4 Å². The van der Waals surface area contributed by atoms with E-state index in [2.05, 4.69) is 15.1 Å². The smallest absolute Gasteiger partial charge is 0.425 e. The second kappa shape index (κ2) is 10.8. The highest BCUT2D eigenvalue weighted by Gasteiger charge is 2.39. The Hall–Kier alpha value is -4.59. The summed E-state index contributed by atoms with van der Waals surface area (Å²) in [5.74, 6) is -6.63. The van der Waals surface area contributed by atoms with Crippen molar-refractivity contribution in [3.63, 3.8) is 0 Å². The molecule has 1 atom stereocenters. The van der Waals surface area contributed by atoms with Crippen LogP contribution in [-0.2, 0) is 13.2 Å². The third kappa shape index (κ3) is 5.25. The standard InChI is InChI=1S/C21H18F5N7O5/c1-4-32-14(8-34)31-33(20(32)36)16-12(22)5-10(19(30-16)38-9(2)21(24,25)26)17(35)29-15-11(6-27)18(37-3)28-7-13(15)23/h5,7,9,34H,4,8H2,1-3H3,(H,28,29,35). The lowest BCUT2D eigenvalue weighted by Crippen LogP contribution is -2.33. The van der Waals surface area contributed by atoms with E-state index in [4.69, 9.17) is 9.47 Å². The Bertz CT molecular complexity index is 1480. The van der Waals surface area contributed by atoms with Crippen LogP contribution in [0.4, 0.5) is 27.6 Å². The number of halogens is 5. The molecule has 0 bridgehead atoms. The van der Waals surface area contributed by atoms with E-state index in [-0.39, 0.29) is 18.2 Å². The number of carbonyl (C=O) groups is 1. The summed E-state index contributed by atoms with van der Waals surface area (Å²) in [7, 11) is 1.11. The highest BCUT2D eigenvalue weighted by molar-refractivity contribution is 6.06. The number of anilines is 1. The van der Waals surface area contributed by atoms with Gasteiger partial charge in [0.1, 0.15) is 29.5 Å². The molecule has 0 aliphatic carbocycles. The van der Waals surface area contributed by atoms with Crippen LogP contribution < -0.4 is 20.5 Å². The molecule has 0 aromatic carbocycles. The van der Waals surface area contributed by atoms with E-state index in [1.54, 1.807) is 6.07 Å². The summed E-state index contributed by atoms with van der Waals surface area (Å²) in [5, 5.41) is 24.4. The molecule has 0 aliphatic rings. The predicted octanol–water partition coefficient (Wildman–Crippen LogP) is 2.08. The van der Waals surface area contributed by atoms with E-state index in [0.29, 0.717) is 23.9 Å². The lowest BCUT2D eigenvalue weighted by atomic mass is 10.2. The Labute approximate surface area is 209 Å². The van der Waals surface area contributed by atoms with Gasteiger partial charge < -0.3 is 19.9 Å². The van der Waals surface area contributed by atoms with Crippen LogP contribution in [0.15, 0.2) is 17.1 Å². The van der Waals surface area contributed by atoms with Crippen LogP contribution in [0.1, 0.15) is 35.6 Å². The van der Waals surface area contributed by atoms with Crippen molar-refractivity contribution in [3.8, 4) is 23.6 Å². The number of hydrogen-bond acceptors (Lipinski definition) is 9. The second-order valence-electron chi connectivity index (χ2n) is 7.39. The van der Waals surface area contributed by atoms with Crippen molar-refractivity contribution in [1.29, 1.82) is 5.26 Å². The minimum atomic E-state index is -4.95. The molecule has 1 unspecified atom stereocenters. The third-order valence-corrected chi connectivity index (χ3v) is 5.06. The van der Waals surface area contributed by atoms with Gasteiger partial charge in [0.05, 0.1) is 13.3 Å². The summed E-state index contributed by atoms with van der Waals surface area (Å²) < 4.78 is 80.1. The van der Waals surface area contributed by atoms with Crippen molar-refractivity contribution in [2.75, 3.05) is 12.4 Å². The van der Waals surface area contributed by atoms with Crippen molar-refractivity contribution < 1.29 is 41.3 Å². The van der Waals surface area contributed by atoms with E-state index < -0.39 is 70.6 Å². The van der Waals surface area contributed by atoms with Gasteiger partial charge in [0, 0.05) is 6.54 Å². The number of aromatic nitrogens is 5. The molecule has 0 radical (unpaired) electrons. The molecule has 3 heterocycles. The van der Waals surface area contributed by atoms with Gasteiger partial charge in [0.25, 0.3) is 5.91 Å². The monoisotopic (exact) mass is 543 g/mol. The van der Waals surface area contributed by atoms with Crippen LogP contribution in [-0.4, -0.2) is 54.7 Å².